The van der Waals surface area contributed by atoms with E-state index in [-0.39, 0.29) is 52.8 Å². The van der Waals surface area contributed by atoms with Gasteiger partial charge in [0.2, 0.25) is 0 Å². The maximum Gasteiger partial charge on any atom is 1.00 e. The predicted octanol–water partition coefficient (Wildman–Crippen LogP) is -4.09. The zero-order chi connectivity index (χ0) is 6.15. The molecule has 0 saturated heterocycles. The van der Waals surface area contributed by atoms with Crippen LogP contribution < -0.4 is 62.5 Å². The van der Waals surface area contributed by atoms with Crippen LogP contribution in [0.2, 0.25) is 0 Å². The van der Waals surface area contributed by atoms with Gasteiger partial charge in [0.25, 0.3) is 0 Å². The van der Waals surface area contributed by atoms with Crippen LogP contribution in [0.1, 0.15) is 1.43 Å². The SMILES string of the molecule is O=c1[nH][s+]([O-])[nH]c1=O.[H-].[K+]. The standard InChI is InChI=1S/C2H2N2O3S.K.H/c5-1-2(6)4-8(7)3-1;;/h(H,3,5)(H,4,6);;/q;+1;-1. The van der Waals surface area contributed by atoms with E-state index in [2.05, 4.69) is 0 Å². The van der Waals surface area contributed by atoms with E-state index in [0.717, 1.165) is 0 Å². The number of H-pyrrole nitrogens is 2. The van der Waals surface area contributed by atoms with E-state index in [0.29, 0.717) is 0 Å². The van der Waals surface area contributed by atoms with E-state index < -0.39 is 22.3 Å². The van der Waals surface area contributed by atoms with Gasteiger partial charge in [0.05, 0.1) is 0 Å². The summed E-state index contributed by atoms with van der Waals surface area (Å²) < 4.78 is 13.8. The zero-order valence-corrected chi connectivity index (χ0v) is 8.57. The Bertz CT molecular complexity index is 262. The third-order valence-electron chi connectivity index (χ3n) is 0.577. The van der Waals surface area contributed by atoms with Gasteiger partial charge in [0.15, 0.2) is 0 Å². The van der Waals surface area contributed by atoms with Gasteiger partial charge in [-0.25, -0.2) is 0 Å². The Morgan fingerprint density at radius 1 is 1.33 bits per heavy atom. The summed E-state index contributed by atoms with van der Waals surface area (Å²) in [6.07, 6.45) is 0. The first-order chi connectivity index (χ1) is 3.70. The third kappa shape index (κ3) is 2.46. The minimum absolute atomic E-state index is 0. The van der Waals surface area contributed by atoms with Crippen molar-refractivity contribution < 1.29 is 57.4 Å². The fourth-order valence-corrected chi connectivity index (χ4v) is 0.860. The van der Waals surface area contributed by atoms with Crippen LogP contribution in [0.25, 0.3) is 0 Å². The van der Waals surface area contributed by atoms with E-state index >= 15 is 0 Å². The van der Waals surface area contributed by atoms with Crippen LogP contribution in [0, 0.1) is 0 Å². The smallest absolute Gasteiger partial charge is 1.00 e. The van der Waals surface area contributed by atoms with Crippen LogP contribution in [0.15, 0.2) is 9.59 Å². The van der Waals surface area contributed by atoms with Crippen molar-refractivity contribution in [1.82, 2.24) is 8.75 Å². The molecule has 0 aliphatic carbocycles. The van der Waals surface area contributed by atoms with E-state index in [9.17, 15) is 14.1 Å². The number of hydrogen-bond acceptors (Lipinski definition) is 3. The average Bonchev–Trinajstić information content (AvgIpc) is 1.85. The topological polar surface area (TPSA) is 88.8 Å². The van der Waals surface area contributed by atoms with Crippen molar-refractivity contribution in [3.63, 3.8) is 0 Å². The molecule has 0 aromatic carbocycles. The van der Waals surface area contributed by atoms with Crippen LogP contribution in [0.4, 0.5) is 0 Å². The Labute approximate surface area is 96.5 Å². The number of nitrogens with one attached hydrogen (secondary N) is 2. The number of aromatic nitrogens is 2. The Balaban J connectivity index is 0. The fourth-order valence-electron chi connectivity index (χ4n) is 0.287. The monoisotopic (exact) mass is 174 g/mol. The van der Waals surface area contributed by atoms with E-state index in [1.807, 2.05) is 8.75 Å². The normalized spacial score (nSPS) is 8.56. The molecule has 46 valence electrons. The Morgan fingerprint density at radius 2 is 1.67 bits per heavy atom. The van der Waals surface area contributed by atoms with Gasteiger partial charge in [-0.05, 0) is 0 Å². The molecule has 0 aliphatic rings. The number of hydrogen-bond donors (Lipinski definition) is 2. The summed E-state index contributed by atoms with van der Waals surface area (Å²) in [7, 11) is 0. The molecule has 0 spiro atoms. The summed E-state index contributed by atoms with van der Waals surface area (Å²) in [5.41, 5.74) is -1.69. The van der Waals surface area contributed by atoms with Gasteiger partial charge in [-0.1, -0.05) is 0 Å². The van der Waals surface area contributed by atoms with Crippen molar-refractivity contribution in [3.05, 3.63) is 20.7 Å². The van der Waals surface area contributed by atoms with Crippen LogP contribution >= 0.6 is 11.1 Å². The first-order valence-corrected chi connectivity index (χ1v) is 2.88. The second kappa shape index (κ2) is 3.81. The van der Waals surface area contributed by atoms with Gasteiger partial charge in [0.1, 0.15) is 11.1 Å². The molecular formula is C2H3KN2O3S. The summed E-state index contributed by atoms with van der Waals surface area (Å²) in [4.78, 5) is 20.1. The molecule has 0 atom stereocenters. The molecule has 1 aromatic rings. The molecule has 1 rings (SSSR count). The quantitative estimate of drug-likeness (QED) is 0.238. The van der Waals surface area contributed by atoms with Gasteiger partial charge in [-0.15, -0.1) is 8.75 Å². The summed E-state index contributed by atoms with van der Waals surface area (Å²) in [6.45, 7) is 0. The molecule has 0 radical (unpaired) electrons. The molecule has 7 heteroatoms. The van der Waals surface area contributed by atoms with E-state index in [1.54, 1.807) is 0 Å². The molecule has 9 heavy (non-hydrogen) atoms. The van der Waals surface area contributed by atoms with Crippen LogP contribution in [0.5, 0.6) is 0 Å². The minimum atomic E-state index is -1.68. The van der Waals surface area contributed by atoms with Gasteiger partial charge in [0, 0.05) is 0 Å². The van der Waals surface area contributed by atoms with Crippen molar-refractivity contribution in [1.29, 1.82) is 0 Å². The molecule has 1 heterocycles. The molecule has 0 amide bonds. The summed E-state index contributed by atoms with van der Waals surface area (Å²) in [6, 6.07) is 0. The molecule has 0 fully saturated rings. The van der Waals surface area contributed by atoms with Gasteiger partial charge in [-0.3, -0.25) is 9.59 Å². The van der Waals surface area contributed by atoms with Crippen molar-refractivity contribution in [2.75, 3.05) is 0 Å². The Morgan fingerprint density at radius 3 is 1.78 bits per heavy atom. The zero-order valence-electron chi connectivity index (χ0n) is 5.63. The van der Waals surface area contributed by atoms with E-state index in [1.165, 1.54) is 0 Å². The Hall–Kier alpha value is 0.756. The summed E-state index contributed by atoms with van der Waals surface area (Å²) in [5, 5.41) is 0. The molecule has 0 saturated carbocycles. The minimum Gasteiger partial charge on any atom is -1.00 e. The predicted molar refractivity (Wildman–Crippen MR) is 27.4 cm³/mol. The van der Waals surface area contributed by atoms with Crippen LogP contribution in [-0.2, 0) is 0 Å². The van der Waals surface area contributed by atoms with Crippen molar-refractivity contribution in [2.24, 2.45) is 0 Å². The third-order valence-corrected chi connectivity index (χ3v) is 1.32. The second-order valence-electron chi connectivity index (χ2n) is 1.13. The molecule has 2 N–H and O–H groups in total. The van der Waals surface area contributed by atoms with E-state index in [4.69, 9.17) is 0 Å². The molecule has 0 aliphatic heterocycles. The second-order valence-corrected chi connectivity index (χ2v) is 2.08. The largest absolute Gasteiger partial charge is 1.00 e. The first-order valence-electron chi connectivity index (χ1n) is 1.73. The molecule has 1 aromatic heterocycles. The Kier molecular flexibility index (Phi) is 4.13. The van der Waals surface area contributed by atoms with Crippen molar-refractivity contribution >= 4 is 11.1 Å². The fraction of sp³-hybridized carbons (Fsp3) is 0. The summed E-state index contributed by atoms with van der Waals surface area (Å²) in [5.74, 6) is 0. The van der Waals surface area contributed by atoms with Crippen molar-refractivity contribution in [2.45, 2.75) is 0 Å². The van der Waals surface area contributed by atoms with Crippen LogP contribution in [0.3, 0.4) is 0 Å². The van der Waals surface area contributed by atoms with Gasteiger partial charge < -0.3 is 5.98 Å². The van der Waals surface area contributed by atoms with Gasteiger partial charge >= 0.3 is 62.5 Å². The van der Waals surface area contributed by atoms with Gasteiger partial charge in [-0.2, -0.15) is 0 Å². The maximum atomic E-state index is 10.1. The maximum absolute atomic E-state index is 10.1. The molecule has 5 nitrogen and oxygen atoms in total. The summed E-state index contributed by atoms with van der Waals surface area (Å²) >= 11 is -1.68. The molecule has 0 unspecified atom stereocenters. The number of aromatic amines is 2. The average molecular weight is 174 g/mol. The number of rotatable bonds is 0. The molecular weight excluding hydrogens is 171 g/mol. The first kappa shape index (κ1) is 9.76. The van der Waals surface area contributed by atoms with Crippen molar-refractivity contribution in [3.8, 4) is 0 Å². The molecule has 0 bridgehead atoms. The van der Waals surface area contributed by atoms with Crippen LogP contribution in [-0.4, -0.2) is 13.3 Å².